The molecule has 0 spiro atoms. The molecule has 21 heavy (non-hydrogen) atoms. The summed E-state index contributed by atoms with van der Waals surface area (Å²) in [5.74, 6) is 0.513. The van der Waals surface area contributed by atoms with Gasteiger partial charge in [0.05, 0.1) is 10.2 Å². The molecule has 2 aromatic heterocycles. The van der Waals surface area contributed by atoms with Crippen LogP contribution in [-0.2, 0) is 4.79 Å². The van der Waals surface area contributed by atoms with Gasteiger partial charge < -0.3 is 10.4 Å². The van der Waals surface area contributed by atoms with Crippen molar-refractivity contribution in [2.75, 3.05) is 5.32 Å². The maximum absolute atomic E-state index is 11.8. The van der Waals surface area contributed by atoms with E-state index in [1.54, 1.807) is 0 Å². The maximum Gasteiger partial charge on any atom is 0.329 e. The Morgan fingerprint density at radius 3 is 2.90 bits per heavy atom. The molecular formula is C15H19N3O2S. The van der Waals surface area contributed by atoms with Gasteiger partial charge >= 0.3 is 5.97 Å². The highest BCUT2D eigenvalue weighted by molar-refractivity contribution is 7.17. The molecule has 1 aliphatic rings. The molecule has 0 amide bonds. The number of anilines is 1. The van der Waals surface area contributed by atoms with Crippen molar-refractivity contribution in [1.29, 1.82) is 0 Å². The van der Waals surface area contributed by atoms with Crippen molar-refractivity contribution in [3.8, 4) is 0 Å². The highest BCUT2D eigenvalue weighted by Gasteiger charge is 2.42. The molecule has 0 atom stereocenters. The molecule has 6 heteroatoms. The summed E-state index contributed by atoms with van der Waals surface area (Å²) < 4.78 is 0.927. The molecule has 5 nitrogen and oxygen atoms in total. The summed E-state index contributed by atoms with van der Waals surface area (Å²) in [7, 11) is 0. The van der Waals surface area contributed by atoms with Crippen molar-refractivity contribution in [2.24, 2.45) is 5.92 Å². The van der Waals surface area contributed by atoms with Crippen molar-refractivity contribution >= 4 is 33.3 Å². The van der Waals surface area contributed by atoms with Crippen molar-refractivity contribution in [2.45, 2.75) is 44.6 Å². The van der Waals surface area contributed by atoms with Crippen LogP contribution in [0, 0.1) is 5.92 Å². The van der Waals surface area contributed by atoms with Crippen LogP contribution in [0.5, 0.6) is 0 Å². The molecule has 0 aliphatic heterocycles. The number of aliphatic carboxylic acids is 1. The standard InChI is InChI=1S/C15H19N3O2S/c1-2-10-3-6-15(7-4-10,14(19)20)18-13-12-11(5-8-21-12)16-9-17-13/h5,8-10H,2-4,6-7H2,1H3,(H,19,20)(H,16,17,18). The molecule has 1 aliphatic carbocycles. The van der Waals surface area contributed by atoms with Crippen LogP contribution < -0.4 is 5.32 Å². The lowest BCUT2D eigenvalue weighted by Crippen LogP contribution is -2.49. The van der Waals surface area contributed by atoms with E-state index in [0.29, 0.717) is 24.6 Å². The fourth-order valence-corrected chi connectivity index (χ4v) is 3.87. The second-order valence-corrected chi connectivity index (χ2v) is 6.64. The number of carboxylic acids is 1. The molecule has 112 valence electrons. The van der Waals surface area contributed by atoms with Gasteiger partial charge in [0, 0.05) is 0 Å². The lowest BCUT2D eigenvalue weighted by atomic mass is 9.75. The van der Waals surface area contributed by atoms with Gasteiger partial charge in [-0.15, -0.1) is 11.3 Å². The Labute approximate surface area is 127 Å². The van der Waals surface area contributed by atoms with Crippen LogP contribution in [0.25, 0.3) is 10.2 Å². The number of carbonyl (C=O) groups is 1. The molecule has 2 N–H and O–H groups in total. The van der Waals surface area contributed by atoms with E-state index in [1.165, 1.54) is 17.7 Å². The first-order chi connectivity index (χ1) is 10.1. The van der Waals surface area contributed by atoms with Crippen molar-refractivity contribution in [3.05, 3.63) is 17.8 Å². The first kappa shape index (κ1) is 14.3. The third-order valence-corrected chi connectivity index (χ3v) is 5.46. The van der Waals surface area contributed by atoms with Gasteiger partial charge in [0.25, 0.3) is 0 Å². The predicted molar refractivity (Wildman–Crippen MR) is 83.7 cm³/mol. The first-order valence-electron chi connectivity index (χ1n) is 7.34. The van der Waals surface area contributed by atoms with Crippen LogP contribution in [0.2, 0.25) is 0 Å². The summed E-state index contributed by atoms with van der Waals surface area (Å²) >= 11 is 1.54. The van der Waals surface area contributed by atoms with E-state index in [4.69, 9.17) is 0 Å². The van der Waals surface area contributed by atoms with Gasteiger partial charge in [-0.3, -0.25) is 0 Å². The fraction of sp³-hybridized carbons (Fsp3) is 0.533. The molecule has 0 bridgehead atoms. The van der Waals surface area contributed by atoms with Gasteiger partial charge in [0.15, 0.2) is 0 Å². The number of carboxylic acid groups (broad SMARTS) is 1. The van der Waals surface area contributed by atoms with Crippen molar-refractivity contribution in [1.82, 2.24) is 9.97 Å². The largest absolute Gasteiger partial charge is 0.480 e. The van der Waals surface area contributed by atoms with Gasteiger partial charge in [0.2, 0.25) is 0 Å². The van der Waals surface area contributed by atoms with E-state index in [1.807, 2.05) is 11.4 Å². The Hall–Kier alpha value is -1.69. The highest BCUT2D eigenvalue weighted by atomic mass is 32.1. The average Bonchev–Trinajstić information content (AvgIpc) is 2.97. The molecule has 0 aromatic carbocycles. The normalized spacial score (nSPS) is 25.9. The number of aromatic nitrogens is 2. The predicted octanol–water partition coefficient (Wildman–Crippen LogP) is 3.53. The molecule has 0 radical (unpaired) electrons. The monoisotopic (exact) mass is 305 g/mol. The number of hydrogen-bond acceptors (Lipinski definition) is 5. The molecule has 0 unspecified atom stereocenters. The zero-order chi connectivity index (χ0) is 14.9. The summed E-state index contributed by atoms with van der Waals surface area (Å²) in [5, 5.41) is 14.9. The van der Waals surface area contributed by atoms with E-state index < -0.39 is 11.5 Å². The minimum absolute atomic E-state index is 0.645. The van der Waals surface area contributed by atoms with E-state index in [0.717, 1.165) is 29.5 Å². The molecular weight excluding hydrogens is 286 g/mol. The van der Waals surface area contributed by atoms with E-state index in [-0.39, 0.29) is 0 Å². The number of hydrogen-bond donors (Lipinski definition) is 2. The number of fused-ring (bicyclic) bond motifs is 1. The van der Waals surface area contributed by atoms with Crippen LogP contribution in [-0.4, -0.2) is 26.6 Å². The lowest BCUT2D eigenvalue weighted by Gasteiger charge is -2.37. The van der Waals surface area contributed by atoms with Gasteiger partial charge in [-0.25, -0.2) is 14.8 Å². The highest BCUT2D eigenvalue weighted by Crippen LogP contribution is 2.37. The summed E-state index contributed by atoms with van der Waals surface area (Å²) in [4.78, 5) is 20.3. The Balaban J connectivity index is 1.89. The summed E-state index contributed by atoms with van der Waals surface area (Å²) in [5.41, 5.74) is -0.0305. The Morgan fingerprint density at radius 1 is 1.48 bits per heavy atom. The zero-order valence-corrected chi connectivity index (χ0v) is 12.8. The molecule has 2 heterocycles. The van der Waals surface area contributed by atoms with Gasteiger partial charge in [-0.2, -0.15) is 0 Å². The van der Waals surface area contributed by atoms with Gasteiger partial charge in [-0.05, 0) is 43.0 Å². The van der Waals surface area contributed by atoms with Crippen LogP contribution in [0.1, 0.15) is 39.0 Å². The summed E-state index contributed by atoms with van der Waals surface area (Å²) in [6.07, 6.45) is 5.82. The summed E-state index contributed by atoms with van der Waals surface area (Å²) in [6.45, 7) is 2.17. The van der Waals surface area contributed by atoms with Crippen molar-refractivity contribution < 1.29 is 9.90 Å². The van der Waals surface area contributed by atoms with Crippen molar-refractivity contribution in [3.63, 3.8) is 0 Å². The maximum atomic E-state index is 11.8. The number of thiophene rings is 1. The van der Waals surface area contributed by atoms with E-state index in [2.05, 4.69) is 22.2 Å². The topological polar surface area (TPSA) is 75.1 Å². The van der Waals surface area contributed by atoms with Crippen LogP contribution in [0.4, 0.5) is 5.82 Å². The molecule has 3 rings (SSSR count). The molecule has 1 saturated carbocycles. The molecule has 1 fully saturated rings. The Kier molecular flexibility index (Phi) is 3.80. The van der Waals surface area contributed by atoms with Crippen LogP contribution >= 0.6 is 11.3 Å². The van der Waals surface area contributed by atoms with Gasteiger partial charge in [-0.1, -0.05) is 13.3 Å². The van der Waals surface area contributed by atoms with E-state index in [9.17, 15) is 9.90 Å². The molecule has 0 saturated heterocycles. The Bertz CT molecular complexity index is 647. The third-order valence-electron chi connectivity index (χ3n) is 4.55. The van der Waals surface area contributed by atoms with Crippen LogP contribution in [0.15, 0.2) is 17.8 Å². The smallest absolute Gasteiger partial charge is 0.329 e. The third kappa shape index (κ3) is 2.60. The van der Waals surface area contributed by atoms with Crippen LogP contribution in [0.3, 0.4) is 0 Å². The fourth-order valence-electron chi connectivity index (χ4n) is 3.08. The minimum Gasteiger partial charge on any atom is -0.480 e. The minimum atomic E-state index is -0.892. The first-order valence-corrected chi connectivity index (χ1v) is 8.22. The Morgan fingerprint density at radius 2 is 2.24 bits per heavy atom. The quantitative estimate of drug-likeness (QED) is 0.904. The van der Waals surface area contributed by atoms with Gasteiger partial charge in [0.1, 0.15) is 17.7 Å². The second-order valence-electron chi connectivity index (χ2n) is 5.72. The number of rotatable bonds is 4. The second kappa shape index (κ2) is 5.60. The SMILES string of the molecule is CCC1CCC(Nc2ncnc3ccsc23)(C(=O)O)CC1. The molecule has 2 aromatic rings. The number of nitrogens with one attached hydrogen (secondary N) is 1. The average molecular weight is 305 g/mol. The number of nitrogens with zero attached hydrogens (tertiary/aromatic N) is 2. The van der Waals surface area contributed by atoms with E-state index >= 15 is 0 Å². The summed E-state index contributed by atoms with van der Waals surface area (Å²) in [6, 6.07) is 1.92. The lowest BCUT2D eigenvalue weighted by molar-refractivity contribution is -0.143. The zero-order valence-electron chi connectivity index (χ0n) is 12.0.